The monoisotopic (exact) mass is 371 g/mol. The van der Waals surface area contributed by atoms with E-state index in [9.17, 15) is 14.0 Å². The average Bonchev–Trinajstić information content (AvgIpc) is 2.48. The van der Waals surface area contributed by atoms with Gasteiger partial charge in [0.2, 0.25) is 11.8 Å². The van der Waals surface area contributed by atoms with Gasteiger partial charge in [-0.2, -0.15) is 0 Å². The molecule has 0 aliphatic carbocycles. The van der Waals surface area contributed by atoms with Gasteiger partial charge in [-0.3, -0.25) is 14.5 Å². The summed E-state index contributed by atoms with van der Waals surface area (Å²) in [5.74, 6) is -0.587. The Morgan fingerprint density at radius 3 is 2.55 bits per heavy atom. The number of nitrogens with one attached hydrogen (secondary N) is 1. The molecule has 0 aromatic heterocycles. The fraction of sp³-hybridized carbons (Fsp3) is 0.467. The summed E-state index contributed by atoms with van der Waals surface area (Å²) < 4.78 is 14.3. The van der Waals surface area contributed by atoms with E-state index in [-0.39, 0.29) is 17.5 Å². The molecule has 120 valence electrons. The number of hydrogen-bond acceptors (Lipinski definition) is 3. The first kappa shape index (κ1) is 16.9. The van der Waals surface area contributed by atoms with Crippen molar-refractivity contribution in [2.45, 2.75) is 13.3 Å². The maximum Gasteiger partial charge on any atom is 0.225 e. The van der Waals surface area contributed by atoms with Crippen molar-refractivity contribution >= 4 is 33.4 Å². The van der Waals surface area contributed by atoms with E-state index in [2.05, 4.69) is 26.1 Å². The zero-order valence-corrected chi connectivity index (χ0v) is 14.0. The molecule has 1 heterocycles. The molecule has 0 unspecified atom stereocenters. The first-order chi connectivity index (χ1) is 10.5. The highest BCUT2D eigenvalue weighted by Crippen LogP contribution is 2.19. The number of hydrogen-bond donors (Lipinski definition) is 1. The van der Waals surface area contributed by atoms with Crippen LogP contribution >= 0.6 is 15.9 Å². The van der Waals surface area contributed by atoms with Gasteiger partial charge >= 0.3 is 0 Å². The second-order valence-electron chi connectivity index (χ2n) is 5.27. The van der Waals surface area contributed by atoms with Crippen LogP contribution in [0.2, 0.25) is 0 Å². The summed E-state index contributed by atoms with van der Waals surface area (Å²) >= 11 is 3.17. The van der Waals surface area contributed by atoms with Crippen LogP contribution in [0.5, 0.6) is 0 Å². The van der Waals surface area contributed by atoms with Crippen LogP contribution in [0.3, 0.4) is 0 Å². The van der Waals surface area contributed by atoms with E-state index in [1.165, 1.54) is 12.1 Å². The molecule has 22 heavy (non-hydrogen) atoms. The van der Waals surface area contributed by atoms with Crippen LogP contribution in [0.4, 0.5) is 10.1 Å². The third kappa shape index (κ3) is 4.78. The Bertz CT molecular complexity index is 560. The van der Waals surface area contributed by atoms with Gasteiger partial charge in [0.15, 0.2) is 0 Å². The van der Waals surface area contributed by atoms with Crippen molar-refractivity contribution in [3.63, 3.8) is 0 Å². The van der Waals surface area contributed by atoms with E-state index in [1.807, 2.05) is 0 Å². The van der Waals surface area contributed by atoms with Crippen LogP contribution < -0.4 is 5.32 Å². The smallest absolute Gasteiger partial charge is 0.225 e. The largest absolute Gasteiger partial charge is 0.340 e. The molecular weight excluding hydrogens is 353 g/mol. The second-order valence-corrected chi connectivity index (χ2v) is 6.19. The number of carbonyl (C=O) groups excluding carboxylic acids is 2. The number of carbonyl (C=O) groups is 2. The SMILES string of the molecule is CC(=O)N1CCN(CCC(=O)Nc2ccc(Br)cc2F)CC1. The lowest BCUT2D eigenvalue weighted by atomic mass is 10.2. The van der Waals surface area contributed by atoms with Gasteiger partial charge in [0.1, 0.15) is 5.82 Å². The van der Waals surface area contributed by atoms with Crippen molar-refractivity contribution in [3.05, 3.63) is 28.5 Å². The highest BCUT2D eigenvalue weighted by atomic mass is 79.9. The summed E-state index contributed by atoms with van der Waals surface area (Å²) in [4.78, 5) is 27.1. The molecule has 7 heteroatoms. The molecule has 1 saturated heterocycles. The fourth-order valence-electron chi connectivity index (χ4n) is 2.35. The number of amides is 2. The predicted molar refractivity (Wildman–Crippen MR) is 86.0 cm³/mol. The number of halogens is 2. The van der Waals surface area contributed by atoms with Gasteiger partial charge < -0.3 is 10.2 Å². The fourth-order valence-corrected chi connectivity index (χ4v) is 2.68. The molecule has 1 N–H and O–H groups in total. The zero-order valence-electron chi connectivity index (χ0n) is 12.4. The van der Waals surface area contributed by atoms with Crippen LogP contribution in [-0.4, -0.2) is 54.3 Å². The van der Waals surface area contributed by atoms with Crippen LogP contribution in [0.1, 0.15) is 13.3 Å². The predicted octanol–water partition coefficient (Wildman–Crippen LogP) is 2.08. The Kier molecular flexibility index (Phi) is 5.90. The van der Waals surface area contributed by atoms with E-state index in [1.54, 1.807) is 17.9 Å². The van der Waals surface area contributed by atoms with Gasteiger partial charge in [-0.05, 0) is 18.2 Å². The molecule has 0 radical (unpaired) electrons. The lowest BCUT2D eigenvalue weighted by molar-refractivity contribution is -0.130. The average molecular weight is 372 g/mol. The van der Waals surface area contributed by atoms with Gasteiger partial charge in [0.25, 0.3) is 0 Å². The van der Waals surface area contributed by atoms with E-state index in [4.69, 9.17) is 0 Å². The summed E-state index contributed by atoms with van der Waals surface area (Å²) in [5.41, 5.74) is 0.189. The summed E-state index contributed by atoms with van der Waals surface area (Å²) in [7, 11) is 0. The maximum absolute atomic E-state index is 13.6. The van der Waals surface area contributed by atoms with Crippen molar-refractivity contribution in [1.82, 2.24) is 9.80 Å². The number of nitrogens with zero attached hydrogens (tertiary/aromatic N) is 2. The third-order valence-corrected chi connectivity index (χ3v) is 4.17. The summed E-state index contributed by atoms with van der Waals surface area (Å²) in [5, 5.41) is 2.58. The molecule has 1 aliphatic heterocycles. The van der Waals surface area contributed by atoms with Crippen molar-refractivity contribution in [2.24, 2.45) is 0 Å². The number of piperazine rings is 1. The van der Waals surface area contributed by atoms with Gasteiger partial charge in [-0.25, -0.2) is 4.39 Å². The Morgan fingerprint density at radius 1 is 1.27 bits per heavy atom. The van der Waals surface area contributed by atoms with E-state index in [0.717, 1.165) is 13.1 Å². The quantitative estimate of drug-likeness (QED) is 0.881. The van der Waals surface area contributed by atoms with Crippen molar-refractivity contribution in [1.29, 1.82) is 0 Å². The molecule has 1 fully saturated rings. The van der Waals surface area contributed by atoms with E-state index < -0.39 is 5.82 Å². The summed E-state index contributed by atoms with van der Waals surface area (Å²) in [6.07, 6.45) is 0.301. The van der Waals surface area contributed by atoms with Crippen LogP contribution in [-0.2, 0) is 9.59 Å². The molecule has 2 amide bonds. The Labute approximate surface area is 137 Å². The number of anilines is 1. The normalized spacial score (nSPS) is 15.7. The van der Waals surface area contributed by atoms with Gasteiger partial charge in [0.05, 0.1) is 5.69 Å². The summed E-state index contributed by atoms with van der Waals surface area (Å²) in [6, 6.07) is 4.53. The van der Waals surface area contributed by atoms with Gasteiger partial charge in [-0.15, -0.1) is 0 Å². The minimum absolute atomic E-state index is 0.0862. The molecule has 1 aromatic rings. The molecule has 5 nitrogen and oxygen atoms in total. The molecule has 1 aromatic carbocycles. The molecule has 0 spiro atoms. The van der Waals surface area contributed by atoms with E-state index >= 15 is 0 Å². The Balaban J connectivity index is 1.75. The molecule has 0 bridgehead atoms. The number of rotatable bonds is 4. The molecule has 1 aliphatic rings. The zero-order chi connectivity index (χ0) is 16.1. The molecule has 0 saturated carbocycles. The topological polar surface area (TPSA) is 52.7 Å². The molecule has 2 rings (SSSR count). The van der Waals surface area contributed by atoms with Crippen LogP contribution in [0.25, 0.3) is 0 Å². The first-order valence-corrected chi connectivity index (χ1v) is 7.98. The van der Waals surface area contributed by atoms with Crippen LogP contribution in [0.15, 0.2) is 22.7 Å². The van der Waals surface area contributed by atoms with E-state index in [0.29, 0.717) is 30.5 Å². The van der Waals surface area contributed by atoms with Gasteiger partial charge in [-0.1, -0.05) is 15.9 Å². The highest BCUT2D eigenvalue weighted by molar-refractivity contribution is 9.10. The Morgan fingerprint density at radius 2 is 1.95 bits per heavy atom. The minimum Gasteiger partial charge on any atom is -0.340 e. The second kappa shape index (κ2) is 7.69. The van der Waals surface area contributed by atoms with Crippen LogP contribution in [0, 0.1) is 5.82 Å². The molecular formula is C15H19BrFN3O2. The van der Waals surface area contributed by atoms with Crippen molar-refractivity contribution < 1.29 is 14.0 Å². The maximum atomic E-state index is 13.6. The highest BCUT2D eigenvalue weighted by Gasteiger charge is 2.19. The molecule has 0 atom stereocenters. The summed E-state index contributed by atoms with van der Waals surface area (Å²) in [6.45, 7) is 5.08. The Hall–Kier alpha value is -1.47. The van der Waals surface area contributed by atoms with Gasteiger partial charge in [0, 0.05) is 50.5 Å². The minimum atomic E-state index is -0.460. The third-order valence-electron chi connectivity index (χ3n) is 3.68. The lowest BCUT2D eigenvalue weighted by Crippen LogP contribution is -2.48. The van der Waals surface area contributed by atoms with Crippen molar-refractivity contribution in [2.75, 3.05) is 38.0 Å². The number of benzene rings is 1. The van der Waals surface area contributed by atoms with Crippen molar-refractivity contribution in [3.8, 4) is 0 Å². The lowest BCUT2D eigenvalue weighted by Gasteiger charge is -2.34. The first-order valence-electron chi connectivity index (χ1n) is 7.18. The standard InChI is InChI=1S/C15H19BrFN3O2/c1-11(21)20-8-6-19(7-9-20)5-4-15(22)18-14-3-2-12(16)10-13(14)17/h2-3,10H,4-9H2,1H3,(H,18,22).